The zero-order valence-electron chi connectivity index (χ0n) is 16.3. The van der Waals surface area contributed by atoms with Crippen molar-refractivity contribution in [1.82, 2.24) is 5.32 Å². The molecule has 1 amide bonds. The Balaban J connectivity index is 2.20. The zero-order valence-corrected chi connectivity index (χ0v) is 17.9. The number of nitriles is 1. The summed E-state index contributed by atoms with van der Waals surface area (Å²) in [5.41, 5.74) is 0.315. The number of esters is 1. The highest BCUT2D eigenvalue weighted by Crippen LogP contribution is 2.28. The van der Waals surface area contributed by atoms with Crippen molar-refractivity contribution in [1.29, 1.82) is 5.26 Å². The molecule has 1 aromatic carbocycles. The van der Waals surface area contributed by atoms with Gasteiger partial charge in [-0.15, -0.1) is 11.3 Å². The van der Waals surface area contributed by atoms with E-state index in [9.17, 15) is 18.0 Å². The maximum atomic E-state index is 12.7. The first-order valence-electron chi connectivity index (χ1n) is 8.75. The van der Waals surface area contributed by atoms with Gasteiger partial charge in [0, 0.05) is 18.0 Å². The minimum Gasteiger partial charge on any atom is -0.462 e. The van der Waals surface area contributed by atoms with Crippen molar-refractivity contribution in [3.05, 3.63) is 53.0 Å². The number of hydrogen-bond acceptors (Lipinski definition) is 8. The number of para-hydroxylation sites is 2. The van der Waals surface area contributed by atoms with E-state index < -0.39 is 16.0 Å². The predicted octanol–water partition coefficient (Wildman–Crippen LogP) is 2.57. The van der Waals surface area contributed by atoms with E-state index in [-0.39, 0.29) is 34.5 Å². The summed E-state index contributed by atoms with van der Waals surface area (Å²) >= 11 is 1.04. The maximum Gasteiger partial charge on any atom is 0.350 e. The molecule has 0 aliphatic rings. The lowest BCUT2D eigenvalue weighted by atomic mass is 10.2. The lowest BCUT2D eigenvalue weighted by Crippen LogP contribution is -2.18. The topological polar surface area (TPSA) is 137 Å². The number of nitrogens with zero attached hydrogens (tertiary/aromatic N) is 1. The molecule has 2 rings (SSSR count). The van der Waals surface area contributed by atoms with Crippen LogP contribution in [0, 0.1) is 11.3 Å². The number of thiophene rings is 1. The largest absolute Gasteiger partial charge is 0.462 e. The molecular formula is C19H20N4O5S2. The van der Waals surface area contributed by atoms with Gasteiger partial charge in [0.05, 0.1) is 24.5 Å². The molecule has 2 aromatic rings. The Morgan fingerprint density at radius 1 is 1.20 bits per heavy atom. The summed E-state index contributed by atoms with van der Waals surface area (Å²) in [5, 5.41) is 14.5. The second-order valence-electron chi connectivity index (χ2n) is 5.82. The third-order valence-corrected chi connectivity index (χ3v) is 6.52. The van der Waals surface area contributed by atoms with E-state index in [2.05, 4.69) is 15.4 Å². The van der Waals surface area contributed by atoms with Crippen LogP contribution in [0.5, 0.6) is 0 Å². The molecule has 0 radical (unpaired) electrons. The molecule has 0 saturated heterocycles. The highest BCUT2D eigenvalue weighted by Gasteiger charge is 2.19. The first kappa shape index (κ1) is 22.9. The number of anilines is 2. The van der Waals surface area contributed by atoms with Gasteiger partial charge in [-0.1, -0.05) is 12.1 Å². The molecule has 0 aliphatic heterocycles. The normalized spacial score (nSPS) is 11.3. The fourth-order valence-electron chi connectivity index (χ4n) is 2.20. The van der Waals surface area contributed by atoms with Crippen molar-refractivity contribution in [3.63, 3.8) is 0 Å². The van der Waals surface area contributed by atoms with E-state index in [0.717, 1.165) is 17.5 Å². The second kappa shape index (κ2) is 10.4. The van der Waals surface area contributed by atoms with Gasteiger partial charge >= 0.3 is 5.97 Å². The van der Waals surface area contributed by atoms with Crippen molar-refractivity contribution in [2.45, 2.75) is 24.6 Å². The molecule has 3 N–H and O–H groups in total. The van der Waals surface area contributed by atoms with Crippen LogP contribution in [0.4, 0.5) is 11.4 Å². The van der Waals surface area contributed by atoms with Crippen molar-refractivity contribution in [2.75, 3.05) is 16.6 Å². The molecule has 0 atom stereocenters. The van der Waals surface area contributed by atoms with Gasteiger partial charge in [0.2, 0.25) is 5.91 Å². The summed E-state index contributed by atoms with van der Waals surface area (Å²) in [4.78, 5) is 23.4. The fourth-order valence-corrected chi connectivity index (χ4v) is 4.57. The van der Waals surface area contributed by atoms with Crippen molar-refractivity contribution in [3.8, 4) is 6.07 Å². The number of rotatable bonds is 9. The van der Waals surface area contributed by atoms with Gasteiger partial charge in [0.1, 0.15) is 10.3 Å². The van der Waals surface area contributed by atoms with Crippen molar-refractivity contribution < 1.29 is 22.7 Å². The van der Waals surface area contributed by atoms with Crippen LogP contribution in [0.1, 0.15) is 18.7 Å². The number of hydrogen-bond donors (Lipinski definition) is 3. The summed E-state index contributed by atoms with van der Waals surface area (Å²) < 4.78 is 32.8. The molecule has 0 saturated carbocycles. The van der Waals surface area contributed by atoms with Crippen LogP contribution in [0.3, 0.4) is 0 Å². The van der Waals surface area contributed by atoms with Crippen LogP contribution in [0.2, 0.25) is 0 Å². The Labute approximate surface area is 178 Å². The number of carbonyl (C=O) groups excluding carboxylic acids is 2. The SMILES string of the molecule is CCOC(=O)/C(C#N)=C/Nc1ccccc1NS(=O)(=O)c1ccc(CNC(C)=O)s1. The fraction of sp³-hybridized carbons (Fsp3) is 0.211. The number of carbonyl (C=O) groups is 2. The Kier molecular flexibility index (Phi) is 7.97. The third-order valence-electron chi connectivity index (χ3n) is 3.57. The van der Waals surface area contributed by atoms with E-state index in [1.54, 1.807) is 37.3 Å². The molecule has 0 unspecified atom stereocenters. The molecule has 1 aromatic heterocycles. The van der Waals surface area contributed by atoms with Gasteiger partial charge < -0.3 is 15.4 Å². The van der Waals surface area contributed by atoms with Gasteiger partial charge in [0.25, 0.3) is 10.0 Å². The van der Waals surface area contributed by atoms with Gasteiger partial charge in [-0.05, 0) is 31.2 Å². The number of ether oxygens (including phenoxy) is 1. The molecule has 11 heteroatoms. The predicted molar refractivity (Wildman–Crippen MR) is 113 cm³/mol. The van der Waals surface area contributed by atoms with Crippen LogP contribution in [0.15, 0.2) is 52.4 Å². The first-order chi connectivity index (χ1) is 14.3. The van der Waals surface area contributed by atoms with Gasteiger partial charge in [0.15, 0.2) is 5.57 Å². The highest BCUT2D eigenvalue weighted by atomic mass is 32.2. The smallest absolute Gasteiger partial charge is 0.350 e. The lowest BCUT2D eigenvalue weighted by Gasteiger charge is -2.12. The van der Waals surface area contributed by atoms with Gasteiger partial charge in [-0.3, -0.25) is 9.52 Å². The lowest BCUT2D eigenvalue weighted by molar-refractivity contribution is -0.138. The maximum absolute atomic E-state index is 12.7. The number of amides is 1. The van der Waals surface area contributed by atoms with E-state index in [1.165, 1.54) is 19.1 Å². The van der Waals surface area contributed by atoms with Crippen LogP contribution < -0.4 is 15.4 Å². The Morgan fingerprint density at radius 2 is 1.90 bits per heavy atom. The Hall–Kier alpha value is -3.36. The third kappa shape index (κ3) is 6.33. The van der Waals surface area contributed by atoms with E-state index in [1.807, 2.05) is 0 Å². The summed E-state index contributed by atoms with van der Waals surface area (Å²) in [6.45, 7) is 3.36. The molecule has 0 bridgehead atoms. The molecule has 30 heavy (non-hydrogen) atoms. The summed E-state index contributed by atoms with van der Waals surface area (Å²) in [7, 11) is -3.88. The van der Waals surface area contributed by atoms with Crippen LogP contribution in [0.25, 0.3) is 0 Å². The van der Waals surface area contributed by atoms with Crippen LogP contribution >= 0.6 is 11.3 Å². The van der Waals surface area contributed by atoms with Crippen molar-refractivity contribution >= 4 is 44.6 Å². The van der Waals surface area contributed by atoms with Crippen molar-refractivity contribution in [2.24, 2.45) is 0 Å². The quantitative estimate of drug-likeness (QED) is 0.304. The molecular weight excluding hydrogens is 428 g/mol. The molecule has 1 heterocycles. The standard InChI is InChI=1S/C19H20N4O5S2/c1-3-28-19(25)14(10-20)11-22-16-6-4-5-7-17(16)23-30(26,27)18-9-8-15(29-18)12-21-13(2)24/h4-9,11,22-23H,3,12H2,1-2H3,(H,21,24)/b14-11+. The second-order valence-corrected chi connectivity index (χ2v) is 8.89. The van der Waals surface area contributed by atoms with E-state index in [0.29, 0.717) is 10.6 Å². The Bertz CT molecular complexity index is 1100. The van der Waals surface area contributed by atoms with E-state index >= 15 is 0 Å². The number of benzene rings is 1. The van der Waals surface area contributed by atoms with Gasteiger partial charge in [-0.2, -0.15) is 5.26 Å². The molecule has 0 aliphatic carbocycles. The average Bonchev–Trinajstić information content (AvgIpc) is 3.18. The first-order valence-corrected chi connectivity index (χ1v) is 11.1. The summed E-state index contributed by atoms with van der Waals surface area (Å²) in [5.74, 6) is -0.991. The molecule has 158 valence electrons. The number of nitrogens with one attached hydrogen (secondary N) is 3. The van der Waals surface area contributed by atoms with E-state index in [4.69, 9.17) is 10.00 Å². The van der Waals surface area contributed by atoms with Gasteiger partial charge in [-0.25, -0.2) is 13.2 Å². The monoisotopic (exact) mass is 448 g/mol. The van der Waals surface area contributed by atoms with Crippen LogP contribution in [-0.4, -0.2) is 26.9 Å². The minimum absolute atomic E-state index is 0.0810. The molecule has 0 fully saturated rings. The Morgan fingerprint density at radius 3 is 2.53 bits per heavy atom. The molecule has 9 nitrogen and oxygen atoms in total. The average molecular weight is 449 g/mol. The summed E-state index contributed by atoms with van der Waals surface area (Å²) in [6, 6.07) is 11.2. The minimum atomic E-state index is -3.88. The highest BCUT2D eigenvalue weighted by molar-refractivity contribution is 7.94. The zero-order chi connectivity index (χ0) is 22.1. The molecule has 0 spiro atoms. The van der Waals surface area contributed by atoms with Crippen LogP contribution in [-0.2, 0) is 30.9 Å². The number of sulfonamides is 1. The summed E-state index contributed by atoms with van der Waals surface area (Å²) in [6.07, 6.45) is 1.15.